The molecule has 0 bridgehead atoms. The predicted molar refractivity (Wildman–Crippen MR) is 92.7 cm³/mol. The van der Waals surface area contributed by atoms with Crippen molar-refractivity contribution in [2.45, 2.75) is 65.2 Å². The minimum atomic E-state index is -1.00. The minimum Gasteiger partial charge on any atom is -0.467 e. The van der Waals surface area contributed by atoms with Crippen molar-refractivity contribution in [3.8, 4) is 0 Å². The fraction of sp³-hybridized carbons (Fsp3) is 0.647. The van der Waals surface area contributed by atoms with Gasteiger partial charge >= 0.3 is 18.2 Å². The lowest BCUT2D eigenvalue weighted by atomic mass is 10.1. The standard InChI is InChI=1S/C17H27N3O6/c1-16(2,3)25-14(22)18-12(13(21)24-7)10-11-8-9-20(19-11)15(23)26-17(4,5)6/h8-9,12H,10H2,1-7H3,(H,18,22). The van der Waals surface area contributed by atoms with E-state index in [1.54, 1.807) is 47.6 Å². The second-order valence-electron chi connectivity index (χ2n) is 7.66. The maximum atomic E-state index is 12.0. The number of amides is 1. The van der Waals surface area contributed by atoms with Crippen molar-refractivity contribution >= 4 is 18.2 Å². The van der Waals surface area contributed by atoms with Crippen molar-refractivity contribution in [2.24, 2.45) is 0 Å². The summed E-state index contributed by atoms with van der Waals surface area (Å²) in [5.74, 6) is -0.650. The van der Waals surface area contributed by atoms with Gasteiger partial charge in [0.05, 0.1) is 12.8 Å². The largest absolute Gasteiger partial charge is 0.467 e. The third kappa shape index (κ3) is 7.54. The normalized spacial score (nSPS) is 12.9. The molecule has 0 saturated heterocycles. The van der Waals surface area contributed by atoms with Gasteiger partial charge in [-0.05, 0) is 47.6 Å². The van der Waals surface area contributed by atoms with Crippen LogP contribution in [0.2, 0.25) is 0 Å². The number of methoxy groups -OCH3 is 1. The Hall–Kier alpha value is -2.58. The molecule has 1 rings (SSSR count). The van der Waals surface area contributed by atoms with Crippen LogP contribution in [0.3, 0.4) is 0 Å². The average molecular weight is 369 g/mol. The van der Waals surface area contributed by atoms with E-state index in [2.05, 4.69) is 10.4 Å². The highest BCUT2D eigenvalue weighted by atomic mass is 16.6. The van der Waals surface area contributed by atoms with Gasteiger partial charge in [-0.15, -0.1) is 0 Å². The summed E-state index contributed by atoms with van der Waals surface area (Å²) in [6.07, 6.45) is 0.0605. The number of hydrogen-bond acceptors (Lipinski definition) is 7. The molecule has 26 heavy (non-hydrogen) atoms. The molecule has 1 heterocycles. The first-order valence-electron chi connectivity index (χ1n) is 8.16. The number of nitrogens with one attached hydrogen (secondary N) is 1. The molecule has 1 N–H and O–H groups in total. The summed E-state index contributed by atoms with van der Waals surface area (Å²) >= 11 is 0. The van der Waals surface area contributed by atoms with E-state index in [1.165, 1.54) is 13.3 Å². The molecule has 0 aliphatic rings. The van der Waals surface area contributed by atoms with Gasteiger partial charge in [-0.3, -0.25) is 0 Å². The van der Waals surface area contributed by atoms with Crippen molar-refractivity contribution in [3.05, 3.63) is 18.0 Å². The highest BCUT2D eigenvalue weighted by Crippen LogP contribution is 2.11. The molecule has 1 amide bonds. The van der Waals surface area contributed by atoms with E-state index in [-0.39, 0.29) is 6.42 Å². The van der Waals surface area contributed by atoms with Crippen molar-refractivity contribution < 1.29 is 28.6 Å². The maximum Gasteiger partial charge on any atom is 0.435 e. The first kappa shape index (κ1) is 21.5. The second kappa shape index (κ2) is 8.20. The lowest BCUT2D eigenvalue weighted by molar-refractivity contribution is -0.143. The molecule has 1 aromatic rings. The van der Waals surface area contributed by atoms with Crippen LogP contribution in [0, 0.1) is 0 Å². The quantitative estimate of drug-likeness (QED) is 0.640. The third-order valence-corrected chi connectivity index (χ3v) is 2.81. The molecule has 9 heteroatoms. The topological polar surface area (TPSA) is 109 Å². The summed E-state index contributed by atoms with van der Waals surface area (Å²) in [4.78, 5) is 35.8. The van der Waals surface area contributed by atoms with Gasteiger partial charge in [0, 0.05) is 12.6 Å². The van der Waals surface area contributed by atoms with Gasteiger partial charge < -0.3 is 19.5 Å². The summed E-state index contributed by atoms with van der Waals surface area (Å²) in [6, 6.07) is 0.549. The smallest absolute Gasteiger partial charge is 0.435 e. The Morgan fingerprint density at radius 3 is 2.19 bits per heavy atom. The minimum absolute atomic E-state index is 0.0295. The molecule has 9 nitrogen and oxygen atoms in total. The highest BCUT2D eigenvalue weighted by molar-refractivity contribution is 5.81. The number of aromatic nitrogens is 2. The number of rotatable bonds is 4. The SMILES string of the molecule is COC(=O)C(Cc1ccn(C(=O)OC(C)(C)C)n1)NC(=O)OC(C)(C)C. The van der Waals surface area contributed by atoms with Crippen LogP contribution in [-0.4, -0.2) is 52.3 Å². The maximum absolute atomic E-state index is 12.0. The zero-order valence-corrected chi connectivity index (χ0v) is 16.3. The van der Waals surface area contributed by atoms with E-state index < -0.39 is 35.4 Å². The number of ether oxygens (including phenoxy) is 3. The van der Waals surface area contributed by atoms with E-state index in [4.69, 9.17) is 14.2 Å². The molecular formula is C17H27N3O6. The van der Waals surface area contributed by atoms with E-state index in [0.717, 1.165) is 4.68 Å². The van der Waals surface area contributed by atoms with Gasteiger partial charge in [0.25, 0.3) is 0 Å². The Kier molecular flexibility index (Phi) is 6.77. The lowest BCUT2D eigenvalue weighted by Gasteiger charge is -2.22. The van der Waals surface area contributed by atoms with Gasteiger partial charge in [0.1, 0.15) is 17.2 Å². The molecule has 0 aliphatic heterocycles. The molecule has 0 fully saturated rings. The molecule has 0 saturated carbocycles. The van der Waals surface area contributed by atoms with E-state index >= 15 is 0 Å². The van der Waals surface area contributed by atoms with Crippen LogP contribution in [0.15, 0.2) is 12.3 Å². The van der Waals surface area contributed by atoms with Crippen LogP contribution in [0.5, 0.6) is 0 Å². The van der Waals surface area contributed by atoms with Gasteiger partial charge in [-0.25, -0.2) is 14.4 Å². The molecule has 1 aromatic heterocycles. The van der Waals surface area contributed by atoms with Gasteiger partial charge in [-0.2, -0.15) is 9.78 Å². The number of alkyl carbamates (subject to hydrolysis) is 1. The summed E-state index contributed by atoms with van der Waals surface area (Å²) in [7, 11) is 1.21. The van der Waals surface area contributed by atoms with E-state index in [1.807, 2.05) is 0 Å². The highest BCUT2D eigenvalue weighted by Gasteiger charge is 2.26. The van der Waals surface area contributed by atoms with Crippen molar-refractivity contribution in [2.75, 3.05) is 7.11 Å². The first-order chi connectivity index (χ1) is 11.8. The molecular weight excluding hydrogens is 342 g/mol. The lowest BCUT2D eigenvalue weighted by Crippen LogP contribution is -2.45. The fourth-order valence-corrected chi connectivity index (χ4v) is 1.88. The molecule has 0 aliphatic carbocycles. The Morgan fingerprint density at radius 2 is 1.69 bits per heavy atom. The predicted octanol–water partition coefficient (Wildman–Crippen LogP) is 2.28. The summed E-state index contributed by atoms with van der Waals surface area (Å²) < 4.78 is 16.1. The zero-order chi connectivity index (χ0) is 20.1. The average Bonchev–Trinajstić information content (AvgIpc) is 2.90. The Bertz CT molecular complexity index is 654. The van der Waals surface area contributed by atoms with Crippen molar-refractivity contribution in [1.82, 2.24) is 15.1 Å². The molecule has 0 spiro atoms. The van der Waals surface area contributed by atoms with Crippen molar-refractivity contribution in [1.29, 1.82) is 0 Å². The molecule has 1 unspecified atom stereocenters. The molecule has 0 aromatic carbocycles. The second-order valence-corrected chi connectivity index (χ2v) is 7.66. The van der Waals surface area contributed by atoms with Crippen molar-refractivity contribution in [3.63, 3.8) is 0 Å². The van der Waals surface area contributed by atoms with Gasteiger partial charge in [-0.1, -0.05) is 0 Å². The van der Waals surface area contributed by atoms with E-state index in [9.17, 15) is 14.4 Å². The van der Waals surface area contributed by atoms with Gasteiger partial charge in [0.2, 0.25) is 0 Å². The number of nitrogens with zero attached hydrogens (tertiary/aromatic N) is 2. The van der Waals surface area contributed by atoms with Gasteiger partial charge in [0.15, 0.2) is 0 Å². The van der Waals surface area contributed by atoms with Crippen LogP contribution < -0.4 is 5.32 Å². The molecule has 1 atom stereocenters. The van der Waals surface area contributed by atoms with Crippen LogP contribution in [0.1, 0.15) is 47.2 Å². The van der Waals surface area contributed by atoms with Crippen LogP contribution in [0.25, 0.3) is 0 Å². The van der Waals surface area contributed by atoms with E-state index in [0.29, 0.717) is 5.69 Å². The van der Waals surface area contributed by atoms with Crippen LogP contribution in [-0.2, 0) is 25.4 Å². The Morgan fingerprint density at radius 1 is 1.12 bits per heavy atom. The Balaban J connectivity index is 2.82. The number of esters is 1. The number of hydrogen-bond donors (Lipinski definition) is 1. The fourth-order valence-electron chi connectivity index (χ4n) is 1.88. The zero-order valence-electron chi connectivity index (χ0n) is 16.3. The van der Waals surface area contributed by atoms with Crippen LogP contribution in [0.4, 0.5) is 9.59 Å². The summed E-state index contributed by atoms with van der Waals surface area (Å²) in [5, 5.41) is 6.52. The van der Waals surface area contributed by atoms with Crippen LogP contribution >= 0.6 is 0 Å². The summed E-state index contributed by atoms with van der Waals surface area (Å²) in [5.41, 5.74) is -0.957. The Labute approximate surface area is 153 Å². The third-order valence-electron chi connectivity index (χ3n) is 2.81. The first-order valence-corrected chi connectivity index (χ1v) is 8.16. The summed E-state index contributed by atoms with van der Waals surface area (Å²) in [6.45, 7) is 10.4. The monoisotopic (exact) mass is 369 g/mol. The number of carbonyl (C=O) groups is 3. The molecule has 146 valence electrons. The number of carbonyl (C=O) groups excluding carboxylic acids is 3. The molecule has 0 radical (unpaired) electrons.